The first-order valence-corrected chi connectivity index (χ1v) is 6.63. The lowest BCUT2D eigenvalue weighted by molar-refractivity contribution is -0.130. The Labute approximate surface area is 106 Å². The molecule has 1 aromatic rings. The third kappa shape index (κ3) is 2.03. The van der Waals surface area contributed by atoms with Crippen LogP contribution in [0.3, 0.4) is 0 Å². The van der Waals surface area contributed by atoms with Crippen molar-refractivity contribution in [1.82, 2.24) is 10.1 Å². The Morgan fingerprint density at radius 2 is 2.56 bits per heavy atom. The molecule has 98 valence electrons. The lowest BCUT2D eigenvalue weighted by atomic mass is 9.92. The number of hydrogen-bond acceptors (Lipinski definition) is 4. The van der Waals surface area contributed by atoms with Crippen LogP contribution in [0.2, 0.25) is 0 Å². The lowest BCUT2D eigenvalue weighted by Gasteiger charge is -2.23. The molecule has 1 saturated heterocycles. The van der Waals surface area contributed by atoms with Gasteiger partial charge in [-0.2, -0.15) is 0 Å². The maximum Gasteiger partial charge on any atom is 0.223 e. The quantitative estimate of drug-likeness (QED) is 0.865. The molecule has 0 aromatic carbocycles. The summed E-state index contributed by atoms with van der Waals surface area (Å²) >= 11 is 0. The molecule has 18 heavy (non-hydrogen) atoms. The topological polar surface area (TPSA) is 72.4 Å². The number of carbonyl (C=O) groups excluding carboxylic acids is 1. The normalized spacial score (nSPS) is 30.7. The monoisotopic (exact) mass is 249 g/mol. The highest BCUT2D eigenvalue weighted by molar-refractivity contribution is 5.77. The minimum Gasteiger partial charge on any atom is -0.365 e. The molecule has 5 heteroatoms. The van der Waals surface area contributed by atoms with Crippen molar-refractivity contribution in [2.45, 2.75) is 37.6 Å². The molecule has 1 aliphatic carbocycles. The van der Waals surface area contributed by atoms with Gasteiger partial charge in [0.1, 0.15) is 6.26 Å². The van der Waals surface area contributed by atoms with Crippen LogP contribution < -0.4 is 5.73 Å². The average Bonchev–Trinajstić information content (AvgIpc) is 3.00. The first-order chi connectivity index (χ1) is 8.67. The van der Waals surface area contributed by atoms with E-state index in [1.807, 2.05) is 4.90 Å². The molecule has 0 bridgehead atoms. The van der Waals surface area contributed by atoms with Crippen LogP contribution in [0.1, 0.15) is 31.4 Å². The molecule has 1 aliphatic heterocycles. The standard InChI is InChI=1S/C13H19N3O2/c14-13-6-1-2-10(13)8-16(9-13)12(17)4-3-11-5-7-18-15-11/h5,7,10H,1-4,6,8-9,14H2. The second-order valence-corrected chi connectivity index (χ2v) is 5.59. The molecule has 0 spiro atoms. The van der Waals surface area contributed by atoms with Crippen molar-refractivity contribution in [2.24, 2.45) is 11.7 Å². The maximum atomic E-state index is 12.1. The zero-order valence-corrected chi connectivity index (χ0v) is 10.5. The van der Waals surface area contributed by atoms with Crippen molar-refractivity contribution in [3.8, 4) is 0 Å². The fourth-order valence-corrected chi connectivity index (χ4v) is 3.29. The van der Waals surface area contributed by atoms with Gasteiger partial charge < -0.3 is 15.2 Å². The number of aromatic nitrogens is 1. The van der Waals surface area contributed by atoms with Gasteiger partial charge >= 0.3 is 0 Å². The number of fused-ring (bicyclic) bond motifs is 1. The van der Waals surface area contributed by atoms with Crippen LogP contribution in [-0.2, 0) is 11.2 Å². The van der Waals surface area contributed by atoms with Crippen molar-refractivity contribution >= 4 is 5.91 Å². The number of carbonyl (C=O) groups is 1. The molecule has 2 aliphatic rings. The molecular weight excluding hydrogens is 230 g/mol. The number of nitrogens with zero attached hydrogens (tertiary/aromatic N) is 2. The highest BCUT2D eigenvalue weighted by Gasteiger charge is 2.47. The number of rotatable bonds is 3. The Morgan fingerprint density at radius 3 is 3.28 bits per heavy atom. The van der Waals surface area contributed by atoms with Crippen molar-refractivity contribution in [3.05, 3.63) is 18.0 Å². The predicted molar refractivity (Wildman–Crippen MR) is 65.7 cm³/mol. The van der Waals surface area contributed by atoms with Gasteiger partial charge in [-0.05, 0) is 18.8 Å². The summed E-state index contributed by atoms with van der Waals surface area (Å²) in [7, 11) is 0. The van der Waals surface area contributed by atoms with Gasteiger partial charge in [0.05, 0.1) is 5.69 Å². The largest absolute Gasteiger partial charge is 0.365 e. The van der Waals surface area contributed by atoms with Gasteiger partial charge in [-0.3, -0.25) is 4.79 Å². The van der Waals surface area contributed by atoms with Crippen LogP contribution in [0.25, 0.3) is 0 Å². The van der Waals surface area contributed by atoms with E-state index in [1.54, 1.807) is 6.07 Å². The Kier molecular flexibility index (Phi) is 2.86. The summed E-state index contributed by atoms with van der Waals surface area (Å²) in [6.45, 7) is 1.57. The van der Waals surface area contributed by atoms with Crippen LogP contribution in [0, 0.1) is 5.92 Å². The second kappa shape index (κ2) is 4.39. The third-order valence-corrected chi connectivity index (χ3v) is 4.37. The molecule has 2 unspecified atom stereocenters. The summed E-state index contributed by atoms with van der Waals surface area (Å²) in [5, 5.41) is 3.82. The Morgan fingerprint density at radius 1 is 1.67 bits per heavy atom. The van der Waals surface area contributed by atoms with E-state index in [2.05, 4.69) is 5.16 Å². The summed E-state index contributed by atoms with van der Waals surface area (Å²) in [4.78, 5) is 14.1. The van der Waals surface area contributed by atoms with Gasteiger partial charge in [-0.15, -0.1) is 0 Å². The Bertz CT molecular complexity index is 431. The van der Waals surface area contributed by atoms with Crippen LogP contribution >= 0.6 is 0 Å². The number of likely N-dealkylation sites (tertiary alicyclic amines) is 1. The van der Waals surface area contributed by atoms with Crippen molar-refractivity contribution in [3.63, 3.8) is 0 Å². The van der Waals surface area contributed by atoms with Crippen LogP contribution in [0.4, 0.5) is 0 Å². The molecule has 2 atom stereocenters. The van der Waals surface area contributed by atoms with Gasteiger partial charge in [-0.25, -0.2) is 0 Å². The third-order valence-electron chi connectivity index (χ3n) is 4.37. The molecule has 1 saturated carbocycles. The first-order valence-electron chi connectivity index (χ1n) is 6.63. The van der Waals surface area contributed by atoms with E-state index >= 15 is 0 Å². The minimum atomic E-state index is -0.108. The van der Waals surface area contributed by atoms with E-state index in [0.29, 0.717) is 18.8 Å². The molecule has 1 aromatic heterocycles. The van der Waals surface area contributed by atoms with Crippen molar-refractivity contribution in [1.29, 1.82) is 0 Å². The summed E-state index contributed by atoms with van der Waals surface area (Å²) < 4.78 is 4.75. The predicted octanol–water partition coefficient (Wildman–Crippen LogP) is 0.947. The molecule has 2 heterocycles. The Balaban J connectivity index is 1.55. The van der Waals surface area contributed by atoms with E-state index < -0.39 is 0 Å². The highest BCUT2D eigenvalue weighted by Crippen LogP contribution is 2.39. The van der Waals surface area contributed by atoms with Crippen LogP contribution in [-0.4, -0.2) is 34.6 Å². The summed E-state index contributed by atoms with van der Waals surface area (Å²) in [6.07, 6.45) is 6.12. The number of amides is 1. The minimum absolute atomic E-state index is 0.108. The van der Waals surface area contributed by atoms with Crippen LogP contribution in [0.15, 0.2) is 16.9 Å². The molecule has 2 N–H and O–H groups in total. The molecule has 0 radical (unpaired) electrons. The summed E-state index contributed by atoms with van der Waals surface area (Å²) in [6, 6.07) is 1.80. The molecule has 2 fully saturated rings. The fraction of sp³-hybridized carbons (Fsp3) is 0.692. The van der Waals surface area contributed by atoms with Crippen molar-refractivity contribution < 1.29 is 9.32 Å². The summed E-state index contributed by atoms with van der Waals surface area (Å²) in [5.41, 5.74) is 7.09. The van der Waals surface area contributed by atoms with Gasteiger partial charge in [0.2, 0.25) is 5.91 Å². The smallest absolute Gasteiger partial charge is 0.223 e. The van der Waals surface area contributed by atoms with Gasteiger partial charge in [-0.1, -0.05) is 11.6 Å². The lowest BCUT2D eigenvalue weighted by Crippen LogP contribution is -2.44. The average molecular weight is 249 g/mol. The highest BCUT2D eigenvalue weighted by atomic mass is 16.5. The van der Waals surface area contributed by atoms with Gasteiger partial charge in [0, 0.05) is 37.5 Å². The van der Waals surface area contributed by atoms with E-state index in [0.717, 1.165) is 25.2 Å². The van der Waals surface area contributed by atoms with Gasteiger partial charge in [0.25, 0.3) is 0 Å². The zero-order chi connectivity index (χ0) is 12.6. The van der Waals surface area contributed by atoms with Gasteiger partial charge in [0.15, 0.2) is 0 Å². The Hall–Kier alpha value is -1.36. The van der Waals surface area contributed by atoms with Crippen molar-refractivity contribution in [2.75, 3.05) is 13.1 Å². The van der Waals surface area contributed by atoms with E-state index in [1.165, 1.54) is 19.1 Å². The SMILES string of the molecule is NC12CCCC1CN(C(=O)CCc1ccon1)C2. The van der Waals surface area contributed by atoms with E-state index in [-0.39, 0.29) is 11.4 Å². The number of aryl methyl sites for hydroxylation is 1. The van der Waals surface area contributed by atoms with E-state index in [4.69, 9.17) is 10.3 Å². The molecule has 1 amide bonds. The fourth-order valence-electron chi connectivity index (χ4n) is 3.29. The summed E-state index contributed by atoms with van der Waals surface area (Å²) in [5.74, 6) is 0.700. The number of nitrogens with two attached hydrogens (primary N) is 1. The molecule has 5 nitrogen and oxygen atoms in total. The maximum absolute atomic E-state index is 12.1. The molecular formula is C13H19N3O2. The van der Waals surface area contributed by atoms with Crippen LogP contribution in [0.5, 0.6) is 0 Å². The zero-order valence-electron chi connectivity index (χ0n) is 10.5. The first kappa shape index (κ1) is 11.7. The number of hydrogen-bond donors (Lipinski definition) is 1. The second-order valence-electron chi connectivity index (χ2n) is 5.59. The van der Waals surface area contributed by atoms with E-state index in [9.17, 15) is 4.79 Å². The molecule has 3 rings (SSSR count).